The Labute approximate surface area is 108 Å². The number of halogens is 1. The summed E-state index contributed by atoms with van der Waals surface area (Å²) in [7, 11) is 0. The van der Waals surface area contributed by atoms with Crippen molar-refractivity contribution >= 4 is 5.91 Å². The van der Waals surface area contributed by atoms with Crippen LogP contribution in [-0.2, 0) is 0 Å². The van der Waals surface area contributed by atoms with E-state index in [4.69, 9.17) is 0 Å². The molecule has 3 heteroatoms. The summed E-state index contributed by atoms with van der Waals surface area (Å²) in [6, 6.07) is 6.30. The molecule has 1 saturated carbocycles. The van der Waals surface area contributed by atoms with Crippen LogP contribution < -0.4 is 5.32 Å². The van der Waals surface area contributed by atoms with Crippen molar-refractivity contribution in [3.05, 3.63) is 35.6 Å². The monoisotopic (exact) mass is 249 g/mol. The van der Waals surface area contributed by atoms with Gasteiger partial charge in [-0.1, -0.05) is 38.8 Å². The van der Waals surface area contributed by atoms with Crippen molar-refractivity contribution < 1.29 is 9.18 Å². The van der Waals surface area contributed by atoms with Gasteiger partial charge in [0.2, 0.25) is 0 Å². The van der Waals surface area contributed by atoms with Crippen LogP contribution in [0.15, 0.2) is 24.3 Å². The van der Waals surface area contributed by atoms with E-state index in [2.05, 4.69) is 19.2 Å². The number of nitrogens with one attached hydrogen (secondary N) is 1. The Morgan fingerprint density at radius 1 is 1.28 bits per heavy atom. The molecule has 18 heavy (non-hydrogen) atoms. The minimum Gasteiger partial charge on any atom is -0.349 e. The molecule has 1 aliphatic rings. The second-order valence-electron chi connectivity index (χ2n) is 5.33. The molecular formula is C15H20FNO. The van der Waals surface area contributed by atoms with Gasteiger partial charge in [0, 0.05) is 6.04 Å². The van der Waals surface area contributed by atoms with Crippen molar-refractivity contribution in [2.24, 2.45) is 11.8 Å². The van der Waals surface area contributed by atoms with E-state index in [9.17, 15) is 9.18 Å². The fourth-order valence-corrected chi connectivity index (χ4v) is 2.68. The summed E-state index contributed by atoms with van der Waals surface area (Å²) in [5.74, 6) is 0.324. The molecule has 1 fully saturated rings. The van der Waals surface area contributed by atoms with E-state index in [0.717, 1.165) is 12.8 Å². The summed E-state index contributed by atoms with van der Waals surface area (Å²) >= 11 is 0. The average Bonchev–Trinajstić information content (AvgIpc) is 2.35. The van der Waals surface area contributed by atoms with Gasteiger partial charge in [-0.25, -0.2) is 4.39 Å². The average molecular weight is 249 g/mol. The first kappa shape index (κ1) is 13.1. The summed E-state index contributed by atoms with van der Waals surface area (Å²) < 4.78 is 13.5. The van der Waals surface area contributed by atoms with Gasteiger partial charge in [0.25, 0.3) is 5.91 Å². The van der Waals surface area contributed by atoms with Crippen molar-refractivity contribution in [2.75, 3.05) is 0 Å². The Bertz CT molecular complexity index is 432. The number of hydrogen-bond acceptors (Lipinski definition) is 1. The second kappa shape index (κ2) is 5.51. The molecule has 0 aliphatic heterocycles. The smallest absolute Gasteiger partial charge is 0.254 e. The van der Waals surface area contributed by atoms with Crippen LogP contribution in [0.2, 0.25) is 0 Å². The van der Waals surface area contributed by atoms with Gasteiger partial charge < -0.3 is 5.32 Å². The molecule has 0 heterocycles. The zero-order chi connectivity index (χ0) is 13.1. The molecule has 0 unspecified atom stereocenters. The molecule has 0 radical (unpaired) electrons. The molecule has 2 rings (SSSR count). The van der Waals surface area contributed by atoms with Crippen LogP contribution in [0.1, 0.15) is 43.5 Å². The molecule has 1 amide bonds. The molecule has 1 N–H and O–H groups in total. The van der Waals surface area contributed by atoms with Crippen LogP contribution in [0.25, 0.3) is 0 Å². The molecular weight excluding hydrogens is 229 g/mol. The lowest BCUT2D eigenvalue weighted by molar-refractivity contribution is 0.0887. The van der Waals surface area contributed by atoms with Crippen LogP contribution >= 0.6 is 0 Å². The molecule has 3 atom stereocenters. The van der Waals surface area contributed by atoms with Gasteiger partial charge in [-0.2, -0.15) is 0 Å². The Balaban J connectivity index is 2.05. The molecule has 0 spiro atoms. The van der Waals surface area contributed by atoms with Gasteiger partial charge in [-0.05, 0) is 30.4 Å². The van der Waals surface area contributed by atoms with Crippen molar-refractivity contribution in [3.63, 3.8) is 0 Å². The maximum atomic E-state index is 13.5. The maximum Gasteiger partial charge on any atom is 0.254 e. The Morgan fingerprint density at radius 3 is 2.72 bits per heavy atom. The first-order valence-electron chi connectivity index (χ1n) is 6.65. The molecule has 2 nitrogen and oxygen atoms in total. The topological polar surface area (TPSA) is 29.1 Å². The van der Waals surface area contributed by atoms with Gasteiger partial charge in [0.1, 0.15) is 5.82 Å². The van der Waals surface area contributed by atoms with Crippen LogP contribution in [0.4, 0.5) is 4.39 Å². The summed E-state index contributed by atoms with van der Waals surface area (Å²) in [6.45, 7) is 4.38. The Hall–Kier alpha value is -1.38. The lowest BCUT2D eigenvalue weighted by Gasteiger charge is -2.34. The molecule has 0 saturated heterocycles. The molecule has 1 aliphatic carbocycles. The minimum atomic E-state index is -0.452. The number of hydrogen-bond donors (Lipinski definition) is 1. The van der Waals surface area contributed by atoms with E-state index in [1.54, 1.807) is 12.1 Å². The fraction of sp³-hybridized carbons (Fsp3) is 0.533. The first-order chi connectivity index (χ1) is 8.59. The lowest BCUT2D eigenvalue weighted by atomic mass is 9.78. The SMILES string of the molecule is C[C@H]1[C@@H](NC(=O)c2ccccc2F)CCC[C@@H]1C. The zero-order valence-electron chi connectivity index (χ0n) is 10.9. The summed E-state index contributed by atoms with van der Waals surface area (Å²) in [4.78, 5) is 12.0. The highest BCUT2D eigenvalue weighted by Crippen LogP contribution is 2.29. The lowest BCUT2D eigenvalue weighted by Crippen LogP contribution is -2.43. The van der Waals surface area contributed by atoms with Crippen LogP contribution in [0.5, 0.6) is 0 Å². The van der Waals surface area contributed by atoms with Crippen LogP contribution in [0, 0.1) is 17.7 Å². The second-order valence-corrected chi connectivity index (χ2v) is 5.33. The quantitative estimate of drug-likeness (QED) is 0.855. The zero-order valence-corrected chi connectivity index (χ0v) is 10.9. The van der Waals surface area contributed by atoms with E-state index < -0.39 is 5.82 Å². The van der Waals surface area contributed by atoms with Gasteiger partial charge >= 0.3 is 0 Å². The molecule has 98 valence electrons. The highest BCUT2D eigenvalue weighted by Gasteiger charge is 2.28. The van der Waals surface area contributed by atoms with Crippen molar-refractivity contribution in [1.29, 1.82) is 0 Å². The van der Waals surface area contributed by atoms with Gasteiger partial charge in [0.15, 0.2) is 0 Å². The van der Waals surface area contributed by atoms with E-state index in [-0.39, 0.29) is 17.5 Å². The predicted octanol–water partition coefficient (Wildman–Crippen LogP) is 3.38. The first-order valence-corrected chi connectivity index (χ1v) is 6.65. The Morgan fingerprint density at radius 2 is 2.00 bits per heavy atom. The Kier molecular flexibility index (Phi) is 4.00. The van der Waals surface area contributed by atoms with E-state index >= 15 is 0 Å². The van der Waals surface area contributed by atoms with Gasteiger partial charge in [-0.3, -0.25) is 4.79 Å². The number of carbonyl (C=O) groups excluding carboxylic acids is 1. The minimum absolute atomic E-state index is 0.142. The summed E-state index contributed by atoms with van der Waals surface area (Å²) in [5, 5.41) is 2.98. The number of benzene rings is 1. The third-order valence-electron chi connectivity index (χ3n) is 4.14. The number of carbonyl (C=O) groups is 1. The largest absolute Gasteiger partial charge is 0.349 e. The van der Waals surface area contributed by atoms with Crippen molar-refractivity contribution in [2.45, 2.75) is 39.2 Å². The molecule has 0 aromatic heterocycles. The number of rotatable bonds is 2. The molecule has 0 bridgehead atoms. The maximum absolute atomic E-state index is 13.5. The normalized spacial score (nSPS) is 27.8. The highest BCUT2D eigenvalue weighted by molar-refractivity contribution is 5.94. The van der Waals surface area contributed by atoms with E-state index in [0.29, 0.717) is 11.8 Å². The van der Waals surface area contributed by atoms with Crippen LogP contribution in [0.3, 0.4) is 0 Å². The third kappa shape index (κ3) is 2.71. The van der Waals surface area contributed by atoms with Gasteiger partial charge in [-0.15, -0.1) is 0 Å². The summed E-state index contributed by atoms with van der Waals surface area (Å²) in [6.07, 6.45) is 3.34. The number of amides is 1. The predicted molar refractivity (Wildman–Crippen MR) is 69.8 cm³/mol. The van der Waals surface area contributed by atoms with E-state index in [1.807, 2.05) is 0 Å². The van der Waals surface area contributed by atoms with Crippen LogP contribution in [-0.4, -0.2) is 11.9 Å². The highest BCUT2D eigenvalue weighted by atomic mass is 19.1. The van der Waals surface area contributed by atoms with E-state index in [1.165, 1.54) is 18.6 Å². The van der Waals surface area contributed by atoms with Crippen molar-refractivity contribution in [1.82, 2.24) is 5.32 Å². The molecule has 1 aromatic rings. The van der Waals surface area contributed by atoms with Crippen molar-refractivity contribution in [3.8, 4) is 0 Å². The van der Waals surface area contributed by atoms with Gasteiger partial charge in [0.05, 0.1) is 5.56 Å². The molecule has 1 aromatic carbocycles. The third-order valence-corrected chi connectivity index (χ3v) is 4.14. The standard InChI is InChI=1S/C15H20FNO/c1-10-6-5-9-14(11(10)2)17-15(18)12-7-3-4-8-13(12)16/h3-4,7-8,10-11,14H,5-6,9H2,1-2H3,(H,17,18)/t10-,11+,14-/m0/s1. The summed E-state index contributed by atoms with van der Waals surface area (Å²) in [5.41, 5.74) is 0.142. The fourth-order valence-electron chi connectivity index (χ4n) is 2.68.